The molecule has 0 aliphatic rings. The lowest BCUT2D eigenvalue weighted by molar-refractivity contribution is -0.138. The third-order valence-corrected chi connectivity index (χ3v) is 6.30. The number of rotatable bonds is 15. The largest absolute Gasteiger partial charge is 0.444 e. The summed E-state index contributed by atoms with van der Waals surface area (Å²) in [7, 11) is 5.35. The van der Waals surface area contributed by atoms with Crippen LogP contribution in [-0.2, 0) is 19.1 Å². The fraction of sp³-hybridized carbons (Fsp3) is 0.885. The highest BCUT2D eigenvalue weighted by molar-refractivity contribution is 5.87. The Balaban J connectivity index is 4.91. The smallest absolute Gasteiger partial charge is 0.407 e. The third-order valence-electron chi connectivity index (χ3n) is 6.30. The number of ether oxygens (including phenoxy) is 2. The minimum atomic E-state index is -0.539. The Morgan fingerprint density at radius 3 is 2.03 bits per heavy atom. The molecule has 0 aliphatic carbocycles. The molecule has 0 saturated heterocycles. The summed E-state index contributed by atoms with van der Waals surface area (Å²) in [6.07, 6.45) is 1.89. The van der Waals surface area contributed by atoms with Gasteiger partial charge >= 0.3 is 6.09 Å². The van der Waals surface area contributed by atoms with E-state index in [1.165, 1.54) is 0 Å². The molecule has 0 fully saturated rings. The summed E-state index contributed by atoms with van der Waals surface area (Å²) in [5.74, 6) is 0.0138. The maximum absolute atomic E-state index is 13.0. The van der Waals surface area contributed by atoms with Gasteiger partial charge in [-0.25, -0.2) is 4.79 Å². The summed E-state index contributed by atoms with van der Waals surface area (Å²) in [4.78, 5) is 41.5. The maximum atomic E-state index is 13.0. The number of nitrogens with zero attached hydrogens (tertiary/aromatic N) is 2. The zero-order valence-electron chi connectivity index (χ0n) is 24.1. The molecule has 0 aromatic heterocycles. The van der Waals surface area contributed by atoms with Gasteiger partial charge in [0, 0.05) is 27.2 Å². The topological polar surface area (TPSA) is 100 Å². The number of carbonyl (C=O) groups excluding carboxylic acids is 3. The first-order chi connectivity index (χ1) is 16.2. The molecular weight excluding hydrogens is 448 g/mol. The van der Waals surface area contributed by atoms with Crippen LogP contribution >= 0.6 is 0 Å². The summed E-state index contributed by atoms with van der Waals surface area (Å²) in [5.41, 5.74) is -0.539. The number of hydrogen-bond donors (Lipinski definition) is 2. The molecule has 0 spiro atoms. The van der Waals surface area contributed by atoms with Crippen LogP contribution in [0.15, 0.2) is 0 Å². The van der Waals surface area contributed by atoms with Gasteiger partial charge in [0.25, 0.3) is 0 Å². The van der Waals surface area contributed by atoms with Crippen molar-refractivity contribution in [3.05, 3.63) is 0 Å². The van der Waals surface area contributed by atoms with Crippen LogP contribution in [-0.4, -0.2) is 92.3 Å². The van der Waals surface area contributed by atoms with Crippen LogP contribution in [0.1, 0.15) is 74.7 Å². The number of nitrogens with one attached hydrogen (secondary N) is 2. The molecule has 0 heterocycles. The van der Waals surface area contributed by atoms with Gasteiger partial charge in [-0.05, 0) is 52.5 Å². The highest BCUT2D eigenvalue weighted by atomic mass is 16.6. The third kappa shape index (κ3) is 12.1. The second kappa shape index (κ2) is 16.0. The van der Waals surface area contributed by atoms with Crippen molar-refractivity contribution >= 4 is 17.9 Å². The van der Waals surface area contributed by atoms with E-state index in [9.17, 15) is 14.4 Å². The lowest BCUT2D eigenvalue weighted by atomic mass is 9.91. The van der Waals surface area contributed by atoms with Gasteiger partial charge in [-0.1, -0.05) is 41.0 Å². The van der Waals surface area contributed by atoms with Crippen LogP contribution in [0.5, 0.6) is 0 Å². The van der Waals surface area contributed by atoms with Crippen LogP contribution in [0.4, 0.5) is 4.79 Å². The highest BCUT2D eigenvalue weighted by Crippen LogP contribution is 2.21. The Kier molecular flexibility index (Phi) is 15.1. The van der Waals surface area contributed by atoms with Crippen LogP contribution in [0, 0.1) is 11.8 Å². The quantitative estimate of drug-likeness (QED) is 0.335. The van der Waals surface area contributed by atoms with Crippen molar-refractivity contribution in [2.75, 3.05) is 40.8 Å². The number of likely N-dealkylation sites (N-methyl/N-ethyl adjacent to an activating group) is 2. The zero-order valence-corrected chi connectivity index (χ0v) is 24.1. The molecule has 0 bridgehead atoms. The first-order valence-corrected chi connectivity index (χ1v) is 12.9. The van der Waals surface area contributed by atoms with E-state index in [1.807, 2.05) is 46.6 Å². The van der Waals surface area contributed by atoms with E-state index < -0.39 is 11.7 Å². The van der Waals surface area contributed by atoms with E-state index >= 15 is 0 Å². The Morgan fingerprint density at radius 2 is 1.57 bits per heavy atom. The molecule has 0 aromatic carbocycles. The van der Waals surface area contributed by atoms with Crippen LogP contribution in [0.2, 0.25) is 0 Å². The summed E-state index contributed by atoms with van der Waals surface area (Å²) >= 11 is 0. The summed E-state index contributed by atoms with van der Waals surface area (Å²) < 4.78 is 10.9. The van der Waals surface area contributed by atoms with Gasteiger partial charge in [-0.15, -0.1) is 0 Å². The maximum Gasteiger partial charge on any atom is 0.407 e. The molecule has 0 radical (unpaired) electrons. The van der Waals surface area contributed by atoms with Crippen molar-refractivity contribution in [3.63, 3.8) is 0 Å². The van der Waals surface area contributed by atoms with Crippen LogP contribution < -0.4 is 10.6 Å². The first kappa shape index (κ1) is 33.1. The summed E-state index contributed by atoms with van der Waals surface area (Å²) in [6.45, 7) is 16.7. The molecule has 0 rings (SSSR count). The number of carbonyl (C=O) groups is 3. The molecular formula is C26H52N4O5. The normalized spacial score (nSPS) is 15.3. The fourth-order valence-corrected chi connectivity index (χ4v) is 4.33. The van der Waals surface area contributed by atoms with Gasteiger partial charge in [0.2, 0.25) is 11.8 Å². The Labute approximate surface area is 213 Å². The molecule has 35 heavy (non-hydrogen) atoms. The van der Waals surface area contributed by atoms with Crippen molar-refractivity contribution in [1.29, 1.82) is 0 Å². The van der Waals surface area contributed by atoms with Gasteiger partial charge < -0.3 is 25.0 Å². The number of alkyl carbamates (subject to hydrolysis) is 1. The highest BCUT2D eigenvalue weighted by Gasteiger charge is 2.32. The SMILES string of the molecule is CCC(C)C(C(CC)OC)N(C)C(=O)CNC(=O)C(C(C)C)N(C)CCCNC(=O)OC(C)(C)C. The van der Waals surface area contributed by atoms with Crippen molar-refractivity contribution in [3.8, 4) is 0 Å². The summed E-state index contributed by atoms with van der Waals surface area (Å²) in [5, 5.41) is 5.58. The number of amides is 3. The van der Waals surface area contributed by atoms with Gasteiger partial charge in [0.15, 0.2) is 0 Å². The van der Waals surface area contributed by atoms with E-state index in [1.54, 1.807) is 19.1 Å². The van der Waals surface area contributed by atoms with Gasteiger partial charge in [0.05, 0.1) is 24.7 Å². The molecule has 0 aliphatic heterocycles. The summed E-state index contributed by atoms with van der Waals surface area (Å²) in [6, 6.07) is -0.442. The van der Waals surface area contributed by atoms with E-state index in [0.717, 1.165) is 12.8 Å². The lowest BCUT2D eigenvalue weighted by Gasteiger charge is -2.37. The molecule has 9 nitrogen and oxygen atoms in total. The van der Waals surface area contributed by atoms with Crippen LogP contribution in [0.3, 0.4) is 0 Å². The van der Waals surface area contributed by atoms with Crippen molar-refractivity contribution in [2.24, 2.45) is 11.8 Å². The Bertz CT molecular complexity index is 646. The predicted molar refractivity (Wildman–Crippen MR) is 140 cm³/mol. The Hall–Kier alpha value is -1.87. The Morgan fingerprint density at radius 1 is 0.971 bits per heavy atom. The van der Waals surface area contributed by atoms with E-state index in [4.69, 9.17) is 9.47 Å². The van der Waals surface area contributed by atoms with E-state index in [0.29, 0.717) is 19.5 Å². The predicted octanol–water partition coefficient (Wildman–Crippen LogP) is 3.27. The van der Waals surface area contributed by atoms with Gasteiger partial charge in [-0.3, -0.25) is 14.5 Å². The average molecular weight is 501 g/mol. The average Bonchev–Trinajstić information content (AvgIpc) is 2.76. The van der Waals surface area contributed by atoms with Crippen LogP contribution in [0.25, 0.3) is 0 Å². The van der Waals surface area contributed by atoms with Crippen molar-refractivity contribution in [1.82, 2.24) is 20.4 Å². The van der Waals surface area contributed by atoms with E-state index in [2.05, 4.69) is 31.4 Å². The number of hydrogen-bond acceptors (Lipinski definition) is 6. The first-order valence-electron chi connectivity index (χ1n) is 12.9. The molecule has 4 unspecified atom stereocenters. The standard InChI is InChI=1S/C26H52N4O5/c1-12-19(5)23(20(13-2)34-11)30(10)21(31)17-28-24(32)22(18(3)4)29(9)16-14-15-27-25(33)35-26(6,7)8/h18-20,22-23H,12-17H2,1-11H3,(H,27,33)(H,28,32). The van der Waals surface area contributed by atoms with Gasteiger partial charge in [0.1, 0.15) is 5.60 Å². The number of methoxy groups -OCH3 is 1. The second-order valence-electron chi connectivity index (χ2n) is 10.7. The monoisotopic (exact) mass is 500 g/mol. The molecule has 0 saturated carbocycles. The van der Waals surface area contributed by atoms with Gasteiger partial charge in [-0.2, -0.15) is 0 Å². The molecule has 0 aromatic rings. The lowest BCUT2D eigenvalue weighted by Crippen LogP contribution is -2.54. The minimum Gasteiger partial charge on any atom is -0.444 e. The fourth-order valence-electron chi connectivity index (χ4n) is 4.33. The second-order valence-corrected chi connectivity index (χ2v) is 10.7. The van der Waals surface area contributed by atoms with Crippen molar-refractivity contribution in [2.45, 2.75) is 98.4 Å². The van der Waals surface area contributed by atoms with E-state index in [-0.39, 0.29) is 48.4 Å². The minimum absolute atomic E-state index is 0.0532. The molecule has 206 valence electrons. The van der Waals surface area contributed by atoms with Crippen molar-refractivity contribution < 1.29 is 23.9 Å². The molecule has 2 N–H and O–H groups in total. The molecule has 4 atom stereocenters. The zero-order chi connectivity index (χ0) is 27.3. The molecule has 9 heteroatoms. The molecule has 3 amide bonds.